The van der Waals surface area contributed by atoms with Crippen molar-refractivity contribution in [3.05, 3.63) is 35.6 Å². The SMILES string of the molecule is Clc1nnc(-c2ccccc2)n1CCC1CCOC1. The molecule has 0 saturated carbocycles. The van der Waals surface area contributed by atoms with Crippen molar-refractivity contribution in [2.75, 3.05) is 13.2 Å². The summed E-state index contributed by atoms with van der Waals surface area (Å²) in [6, 6.07) is 10.0. The first-order valence-electron chi connectivity index (χ1n) is 6.56. The van der Waals surface area contributed by atoms with Gasteiger partial charge < -0.3 is 4.74 Å². The van der Waals surface area contributed by atoms with Crippen LogP contribution in [0.4, 0.5) is 0 Å². The lowest BCUT2D eigenvalue weighted by Crippen LogP contribution is -2.07. The van der Waals surface area contributed by atoms with Crippen molar-refractivity contribution in [3.8, 4) is 11.4 Å². The van der Waals surface area contributed by atoms with E-state index < -0.39 is 0 Å². The molecule has 1 aliphatic rings. The fourth-order valence-corrected chi connectivity index (χ4v) is 2.61. The second-order valence-electron chi connectivity index (χ2n) is 4.83. The Morgan fingerprint density at radius 1 is 1.26 bits per heavy atom. The maximum atomic E-state index is 6.14. The molecule has 1 aliphatic heterocycles. The van der Waals surface area contributed by atoms with E-state index in [1.165, 1.54) is 0 Å². The standard InChI is InChI=1S/C14H16ClN3O/c15-14-17-16-13(12-4-2-1-3-5-12)18(14)8-6-11-7-9-19-10-11/h1-5,11H,6-10H2. The normalized spacial score (nSPS) is 18.9. The molecule has 2 aromatic rings. The van der Waals surface area contributed by atoms with Crippen LogP contribution in [0.5, 0.6) is 0 Å². The Morgan fingerprint density at radius 2 is 2.11 bits per heavy atom. The van der Waals surface area contributed by atoms with Crippen LogP contribution in [0.15, 0.2) is 30.3 Å². The molecule has 100 valence electrons. The lowest BCUT2D eigenvalue weighted by molar-refractivity contribution is 0.183. The van der Waals surface area contributed by atoms with Gasteiger partial charge in [-0.3, -0.25) is 4.57 Å². The highest BCUT2D eigenvalue weighted by Crippen LogP contribution is 2.23. The van der Waals surface area contributed by atoms with E-state index in [9.17, 15) is 0 Å². The number of aromatic nitrogens is 3. The quantitative estimate of drug-likeness (QED) is 0.862. The van der Waals surface area contributed by atoms with Crippen LogP contribution in [0.2, 0.25) is 5.28 Å². The molecule has 3 rings (SSSR count). The summed E-state index contributed by atoms with van der Waals surface area (Å²) in [7, 11) is 0. The number of benzene rings is 1. The summed E-state index contributed by atoms with van der Waals surface area (Å²) in [6.45, 7) is 2.58. The smallest absolute Gasteiger partial charge is 0.225 e. The van der Waals surface area contributed by atoms with Crippen LogP contribution < -0.4 is 0 Å². The van der Waals surface area contributed by atoms with Gasteiger partial charge in [0.1, 0.15) is 0 Å². The summed E-state index contributed by atoms with van der Waals surface area (Å²) in [5, 5.41) is 8.62. The Balaban J connectivity index is 1.78. The maximum absolute atomic E-state index is 6.14. The van der Waals surface area contributed by atoms with Crippen molar-refractivity contribution in [2.24, 2.45) is 5.92 Å². The van der Waals surface area contributed by atoms with Crippen molar-refractivity contribution >= 4 is 11.6 Å². The highest BCUT2D eigenvalue weighted by Gasteiger charge is 2.18. The Hall–Kier alpha value is -1.39. The largest absolute Gasteiger partial charge is 0.381 e. The molecule has 0 bridgehead atoms. The van der Waals surface area contributed by atoms with Crippen molar-refractivity contribution in [2.45, 2.75) is 19.4 Å². The Morgan fingerprint density at radius 3 is 2.84 bits per heavy atom. The van der Waals surface area contributed by atoms with Crippen LogP contribution >= 0.6 is 11.6 Å². The number of halogens is 1. The zero-order chi connectivity index (χ0) is 13.1. The van der Waals surface area contributed by atoms with Gasteiger partial charge in [-0.25, -0.2) is 0 Å². The third-order valence-electron chi connectivity index (χ3n) is 3.52. The van der Waals surface area contributed by atoms with Crippen LogP contribution in [0.25, 0.3) is 11.4 Å². The van der Waals surface area contributed by atoms with E-state index in [0.29, 0.717) is 11.2 Å². The number of ether oxygens (including phenoxy) is 1. The molecule has 4 nitrogen and oxygen atoms in total. The van der Waals surface area contributed by atoms with Gasteiger partial charge in [0, 0.05) is 25.3 Å². The highest BCUT2D eigenvalue weighted by atomic mass is 35.5. The summed E-state index contributed by atoms with van der Waals surface area (Å²) in [4.78, 5) is 0. The number of hydrogen-bond acceptors (Lipinski definition) is 3. The average molecular weight is 278 g/mol. The molecule has 5 heteroatoms. The van der Waals surface area contributed by atoms with Crippen LogP contribution in [-0.2, 0) is 11.3 Å². The summed E-state index contributed by atoms with van der Waals surface area (Å²) < 4.78 is 7.38. The first-order valence-corrected chi connectivity index (χ1v) is 6.94. The van der Waals surface area contributed by atoms with Crippen molar-refractivity contribution in [1.82, 2.24) is 14.8 Å². The highest BCUT2D eigenvalue weighted by molar-refractivity contribution is 6.28. The summed E-state index contributed by atoms with van der Waals surface area (Å²) in [5.74, 6) is 1.46. The van der Waals surface area contributed by atoms with Crippen LogP contribution in [0.3, 0.4) is 0 Å². The van der Waals surface area contributed by atoms with Crippen LogP contribution in [-0.4, -0.2) is 28.0 Å². The molecule has 0 spiro atoms. The van der Waals surface area contributed by atoms with Crippen molar-refractivity contribution in [3.63, 3.8) is 0 Å². The number of hydrogen-bond donors (Lipinski definition) is 0. The van der Waals surface area contributed by atoms with E-state index >= 15 is 0 Å². The minimum atomic E-state index is 0.456. The third kappa shape index (κ3) is 2.80. The van der Waals surface area contributed by atoms with Crippen LogP contribution in [0, 0.1) is 5.92 Å². The molecule has 0 aliphatic carbocycles. The predicted molar refractivity (Wildman–Crippen MR) is 74.0 cm³/mol. The zero-order valence-corrected chi connectivity index (χ0v) is 11.4. The molecule has 1 fully saturated rings. The molecule has 1 unspecified atom stereocenters. The van der Waals surface area contributed by atoms with E-state index in [2.05, 4.69) is 10.2 Å². The monoisotopic (exact) mass is 277 g/mol. The molecule has 0 N–H and O–H groups in total. The minimum absolute atomic E-state index is 0.456. The van der Waals surface area contributed by atoms with E-state index in [1.807, 2.05) is 34.9 Å². The molecule has 0 amide bonds. The Bertz CT molecular complexity index is 535. The molecule has 19 heavy (non-hydrogen) atoms. The van der Waals surface area contributed by atoms with Gasteiger partial charge in [0.2, 0.25) is 5.28 Å². The molecule has 0 radical (unpaired) electrons. The second kappa shape index (κ2) is 5.72. The first-order chi connectivity index (χ1) is 9.34. The van der Waals surface area contributed by atoms with Gasteiger partial charge >= 0.3 is 0 Å². The van der Waals surface area contributed by atoms with Crippen molar-refractivity contribution < 1.29 is 4.74 Å². The molecular formula is C14H16ClN3O. The minimum Gasteiger partial charge on any atom is -0.381 e. The summed E-state index contributed by atoms with van der Waals surface area (Å²) in [5.41, 5.74) is 1.05. The molecule has 2 heterocycles. The maximum Gasteiger partial charge on any atom is 0.225 e. The molecule has 1 aromatic heterocycles. The van der Waals surface area contributed by atoms with E-state index in [-0.39, 0.29) is 0 Å². The summed E-state index contributed by atoms with van der Waals surface area (Å²) >= 11 is 6.14. The van der Waals surface area contributed by atoms with E-state index in [1.54, 1.807) is 0 Å². The van der Waals surface area contributed by atoms with Gasteiger partial charge in [0.25, 0.3) is 0 Å². The lowest BCUT2D eigenvalue weighted by atomic mass is 10.1. The lowest BCUT2D eigenvalue weighted by Gasteiger charge is -2.10. The number of nitrogens with zero attached hydrogens (tertiary/aromatic N) is 3. The molecule has 1 aromatic carbocycles. The van der Waals surface area contributed by atoms with E-state index in [0.717, 1.165) is 44.0 Å². The third-order valence-corrected chi connectivity index (χ3v) is 3.80. The fourth-order valence-electron chi connectivity index (χ4n) is 2.41. The zero-order valence-electron chi connectivity index (χ0n) is 10.6. The topological polar surface area (TPSA) is 39.9 Å². The predicted octanol–water partition coefficient (Wildman–Crippen LogP) is 3.03. The van der Waals surface area contributed by atoms with Gasteiger partial charge in [-0.2, -0.15) is 0 Å². The van der Waals surface area contributed by atoms with Gasteiger partial charge in [0.05, 0.1) is 0 Å². The second-order valence-corrected chi connectivity index (χ2v) is 5.17. The van der Waals surface area contributed by atoms with Gasteiger partial charge in [-0.15, -0.1) is 10.2 Å². The Labute approximate surface area is 117 Å². The number of rotatable bonds is 4. The van der Waals surface area contributed by atoms with Gasteiger partial charge in [-0.1, -0.05) is 30.3 Å². The average Bonchev–Trinajstić information content (AvgIpc) is 3.07. The van der Waals surface area contributed by atoms with Gasteiger partial charge in [-0.05, 0) is 30.4 Å². The molecule has 1 atom stereocenters. The van der Waals surface area contributed by atoms with Crippen LogP contribution in [0.1, 0.15) is 12.8 Å². The van der Waals surface area contributed by atoms with E-state index in [4.69, 9.17) is 16.3 Å². The van der Waals surface area contributed by atoms with Crippen molar-refractivity contribution in [1.29, 1.82) is 0 Å². The Kier molecular flexibility index (Phi) is 3.80. The molecular weight excluding hydrogens is 262 g/mol. The summed E-state index contributed by atoms with van der Waals surface area (Å²) in [6.07, 6.45) is 2.19. The first kappa shape index (κ1) is 12.6. The molecule has 1 saturated heterocycles. The fraction of sp³-hybridized carbons (Fsp3) is 0.429. The van der Waals surface area contributed by atoms with Gasteiger partial charge in [0.15, 0.2) is 5.82 Å².